The molecule has 0 saturated heterocycles. The molecule has 222 valence electrons. The van der Waals surface area contributed by atoms with Crippen molar-refractivity contribution >= 4 is 34.6 Å². The number of methoxy groups -OCH3 is 1. The number of ether oxygens (including phenoxy) is 1. The third kappa shape index (κ3) is 5.77. The molecule has 12 nitrogen and oxygen atoms in total. The summed E-state index contributed by atoms with van der Waals surface area (Å²) in [6.45, 7) is 4.41. The number of aromatic nitrogens is 4. The molecule has 0 spiro atoms. The first-order chi connectivity index (χ1) is 20.9. The Bertz CT molecular complexity index is 1760. The predicted molar refractivity (Wildman–Crippen MR) is 159 cm³/mol. The van der Waals surface area contributed by atoms with Crippen LogP contribution in [0.2, 0.25) is 0 Å². The molecule has 2 amide bonds. The molecule has 4 heterocycles. The first kappa shape index (κ1) is 29.3. The molecule has 2 aliphatic rings. The lowest BCUT2D eigenvalue weighted by Gasteiger charge is -2.33. The zero-order valence-electron chi connectivity index (χ0n) is 23.8. The lowest BCUT2D eigenvalue weighted by Crippen LogP contribution is -2.43. The Kier molecular flexibility index (Phi) is 8.67. The van der Waals surface area contributed by atoms with Crippen molar-refractivity contribution in [1.29, 1.82) is 0 Å². The smallest absolute Gasteiger partial charge is 0.295 e. The third-order valence-electron chi connectivity index (χ3n) is 7.52. The average Bonchev–Trinajstić information content (AvgIpc) is 3.72. The zero-order chi connectivity index (χ0) is 30.5. The number of ketones is 1. The van der Waals surface area contributed by atoms with Gasteiger partial charge in [-0.15, -0.1) is 0 Å². The van der Waals surface area contributed by atoms with Gasteiger partial charge in [-0.1, -0.05) is 18.7 Å². The molecule has 0 bridgehead atoms. The largest absolute Gasteiger partial charge is 0.496 e. The molecule has 1 aliphatic carbocycles. The number of pyridine rings is 1. The number of hydrogen-bond donors (Lipinski definition) is 5. The molecule has 5 rings (SSSR count). The molecule has 3 aromatic heterocycles. The minimum absolute atomic E-state index is 0.0774. The Morgan fingerprint density at radius 1 is 1.28 bits per heavy atom. The van der Waals surface area contributed by atoms with Crippen LogP contribution in [0.3, 0.4) is 0 Å². The Morgan fingerprint density at radius 3 is 2.84 bits per heavy atom. The molecule has 0 fully saturated rings. The van der Waals surface area contributed by atoms with Crippen LogP contribution in [-0.2, 0) is 9.53 Å². The molecule has 0 unspecified atom stereocenters. The summed E-state index contributed by atoms with van der Waals surface area (Å²) in [5.74, 6) is -1.58. The molecular weight excluding hydrogens is 550 g/mol. The number of aliphatic hydroxyl groups excluding tert-OH is 1. The Morgan fingerprint density at radius 2 is 2.12 bits per heavy atom. The maximum Gasteiger partial charge on any atom is 0.295 e. The van der Waals surface area contributed by atoms with Crippen LogP contribution in [0, 0.1) is 0 Å². The van der Waals surface area contributed by atoms with Gasteiger partial charge in [0.2, 0.25) is 0 Å². The van der Waals surface area contributed by atoms with Gasteiger partial charge in [-0.3, -0.25) is 24.5 Å². The summed E-state index contributed by atoms with van der Waals surface area (Å²) in [7, 11) is 1.42. The number of H-pyrrole nitrogens is 2. The third-order valence-corrected chi connectivity index (χ3v) is 7.52. The van der Waals surface area contributed by atoms with E-state index in [9.17, 15) is 14.4 Å². The van der Waals surface area contributed by atoms with Gasteiger partial charge in [-0.2, -0.15) is 5.10 Å². The van der Waals surface area contributed by atoms with Crippen molar-refractivity contribution in [2.75, 3.05) is 33.4 Å². The molecule has 12 heteroatoms. The molecule has 6 N–H and O–H groups in total. The Balaban J connectivity index is 1.46. The number of Topliss-reactive ketones (excluding diaryl/α,β-unsaturated/α-hetero) is 1. The van der Waals surface area contributed by atoms with Gasteiger partial charge >= 0.3 is 0 Å². The lowest BCUT2D eigenvalue weighted by atomic mass is 9.84. The monoisotopic (exact) mass is 583 g/mol. The van der Waals surface area contributed by atoms with Gasteiger partial charge in [-0.25, -0.2) is 0 Å². The molecule has 0 atom stereocenters. The van der Waals surface area contributed by atoms with E-state index in [0.717, 1.165) is 29.7 Å². The molecule has 1 aliphatic heterocycles. The van der Waals surface area contributed by atoms with Crippen LogP contribution in [-0.4, -0.2) is 81.1 Å². The van der Waals surface area contributed by atoms with Crippen LogP contribution >= 0.6 is 0 Å². The highest BCUT2D eigenvalue weighted by molar-refractivity contribution is 6.42. The summed E-state index contributed by atoms with van der Waals surface area (Å²) in [6.07, 6.45) is 9.08. The van der Waals surface area contributed by atoms with Crippen LogP contribution in [0.1, 0.15) is 51.5 Å². The second kappa shape index (κ2) is 12.7. The SMILES string of the molecule is C=C/C(OC)=c1/c(C(=O)C(=O)N2CCC3=C(CCC=C3c3ccccn3)C2)c[nH]/c1=C(/N)c1cc(C(=O)NCCO)[nH]n1. The fourth-order valence-corrected chi connectivity index (χ4v) is 5.44. The molecule has 43 heavy (non-hydrogen) atoms. The highest BCUT2D eigenvalue weighted by Crippen LogP contribution is 2.36. The number of carbonyl (C=O) groups excluding carboxylic acids is 3. The summed E-state index contributed by atoms with van der Waals surface area (Å²) in [5, 5.41) is 18.8. The van der Waals surface area contributed by atoms with Crippen LogP contribution in [0.25, 0.3) is 17.0 Å². The van der Waals surface area contributed by atoms with E-state index in [1.807, 2.05) is 18.2 Å². The van der Waals surface area contributed by atoms with E-state index in [1.54, 1.807) is 11.1 Å². The van der Waals surface area contributed by atoms with Crippen molar-refractivity contribution < 1.29 is 24.2 Å². The number of nitrogens with one attached hydrogen (secondary N) is 3. The average molecular weight is 584 g/mol. The van der Waals surface area contributed by atoms with Gasteiger partial charge in [0.05, 0.1) is 41.2 Å². The second-order valence-electron chi connectivity index (χ2n) is 10.0. The number of aliphatic hydroxyl groups is 1. The quantitative estimate of drug-likeness (QED) is 0.178. The number of nitrogens with two attached hydrogens (primary N) is 1. The number of allylic oxidation sites excluding steroid dienone is 2. The topological polar surface area (TPSA) is 179 Å². The molecule has 0 radical (unpaired) electrons. The highest BCUT2D eigenvalue weighted by atomic mass is 16.5. The number of carbonyl (C=O) groups is 3. The summed E-state index contributed by atoms with van der Waals surface area (Å²) in [5.41, 5.74) is 11.3. The number of hydrogen-bond acceptors (Lipinski definition) is 8. The van der Waals surface area contributed by atoms with E-state index in [4.69, 9.17) is 15.6 Å². The number of nitrogens with zero attached hydrogens (tertiary/aromatic N) is 3. The summed E-state index contributed by atoms with van der Waals surface area (Å²) < 4.78 is 5.50. The van der Waals surface area contributed by atoms with Gasteiger partial charge in [0.25, 0.3) is 17.6 Å². The van der Waals surface area contributed by atoms with Gasteiger partial charge in [-0.05, 0) is 60.3 Å². The number of aromatic amines is 2. The fraction of sp³-hybridized carbons (Fsp3) is 0.258. The van der Waals surface area contributed by atoms with Gasteiger partial charge < -0.3 is 30.8 Å². The van der Waals surface area contributed by atoms with Gasteiger partial charge in [0.15, 0.2) is 0 Å². The summed E-state index contributed by atoms with van der Waals surface area (Å²) >= 11 is 0. The minimum atomic E-state index is -0.715. The number of amides is 2. The van der Waals surface area contributed by atoms with Crippen LogP contribution in [0.15, 0.2) is 66.5 Å². The van der Waals surface area contributed by atoms with Gasteiger partial charge in [0.1, 0.15) is 17.1 Å². The second-order valence-corrected chi connectivity index (χ2v) is 10.0. The van der Waals surface area contributed by atoms with Crippen molar-refractivity contribution in [1.82, 2.24) is 30.4 Å². The van der Waals surface area contributed by atoms with Crippen molar-refractivity contribution in [3.8, 4) is 0 Å². The predicted octanol–water partition coefficient (Wildman–Crippen LogP) is 0.500. The van der Waals surface area contributed by atoms with Gasteiger partial charge in [0, 0.05) is 32.0 Å². The molecule has 0 saturated carbocycles. The van der Waals surface area contributed by atoms with E-state index in [-0.39, 0.29) is 52.1 Å². The van der Waals surface area contributed by atoms with Crippen LogP contribution < -0.4 is 21.6 Å². The first-order valence-electron chi connectivity index (χ1n) is 13.9. The van der Waals surface area contributed by atoms with E-state index in [0.29, 0.717) is 19.5 Å². The van der Waals surface area contributed by atoms with Crippen molar-refractivity contribution in [2.45, 2.75) is 19.3 Å². The van der Waals surface area contributed by atoms with E-state index < -0.39 is 17.6 Å². The maximum absolute atomic E-state index is 13.7. The summed E-state index contributed by atoms with van der Waals surface area (Å²) in [4.78, 5) is 48.7. The van der Waals surface area contributed by atoms with Crippen LogP contribution in [0.4, 0.5) is 0 Å². The van der Waals surface area contributed by atoms with Crippen molar-refractivity contribution in [2.24, 2.45) is 5.73 Å². The van der Waals surface area contributed by atoms with E-state index >= 15 is 0 Å². The normalized spacial score (nSPS) is 16.1. The Labute approximate surface area is 247 Å². The minimum Gasteiger partial charge on any atom is -0.496 e. The summed E-state index contributed by atoms with van der Waals surface area (Å²) in [6, 6.07) is 7.26. The van der Waals surface area contributed by atoms with Crippen LogP contribution in [0.5, 0.6) is 0 Å². The van der Waals surface area contributed by atoms with Crippen molar-refractivity contribution in [3.63, 3.8) is 0 Å². The first-order valence-corrected chi connectivity index (χ1v) is 13.9. The maximum atomic E-state index is 13.7. The van der Waals surface area contributed by atoms with E-state index in [2.05, 4.69) is 38.1 Å². The standard InChI is InChI=1S/C31H33N7O5/c1-3-25(43-2)26-21(16-35-28(26)27(32)23-15-24(37-36-23)30(41)34-12-14-39)29(40)31(42)38-13-10-19-18(17-38)7-6-8-20(19)22-9-4-5-11-33-22/h3-5,8-9,11,15-16,35,39H,1,6-7,10,12-14,17,32H2,2H3,(H,34,41)(H,36,37)/b26-25+,28-27+. The highest BCUT2D eigenvalue weighted by Gasteiger charge is 2.31. The molecule has 3 aromatic rings. The fourth-order valence-electron chi connectivity index (χ4n) is 5.44. The van der Waals surface area contributed by atoms with Crippen molar-refractivity contribution in [3.05, 3.63) is 99.7 Å². The number of rotatable bonds is 9. The Hall–Kier alpha value is -5.23. The zero-order valence-corrected chi connectivity index (χ0v) is 23.8. The lowest BCUT2D eigenvalue weighted by molar-refractivity contribution is -0.126. The molecular formula is C31H33N7O5. The van der Waals surface area contributed by atoms with E-state index in [1.165, 1.54) is 31.0 Å². The molecule has 0 aromatic carbocycles.